The predicted molar refractivity (Wildman–Crippen MR) is 74.1 cm³/mol. The van der Waals surface area contributed by atoms with Gasteiger partial charge in [0.2, 0.25) is 5.91 Å². The van der Waals surface area contributed by atoms with E-state index in [0.29, 0.717) is 0 Å². The highest BCUT2D eigenvalue weighted by Crippen LogP contribution is 2.27. The normalized spacial score (nSPS) is 21.4. The van der Waals surface area contributed by atoms with Crippen LogP contribution in [-0.4, -0.2) is 30.4 Å². The van der Waals surface area contributed by atoms with Gasteiger partial charge >= 0.3 is 0 Å². The van der Waals surface area contributed by atoms with Gasteiger partial charge in [-0.25, -0.2) is 0 Å². The maximum Gasteiger partial charge on any atom is 0.237 e. The highest BCUT2D eigenvalue weighted by Gasteiger charge is 2.28. The Hall–Kier alpha value is -0.390. The van der Waals surface area contributed by atoms with E-state index in [9.17, 15) is 4.79 Å². The molecule has 0 radical (unpaired) electrons. The molecule has 2 heterocycles. The van der Waals surface area contributed by atoms with Gasteiger partial charge in [0.1, 0.15) is 0 Å². The van der Waals surface area contributed by atoms with E-state index in [0.717, 1.165) is 30.4 Å². The number of carbonyl (C=O) groups is 1. The lowest BCUT2D eigenvalue weighted by Crippen LogP contribution is -2.48. The number of nitrogens with zero attached hydrogens (tertiary/aromatic N) is 1. The summed E-state index contributed by atoms with van der Waals surface area (Å²) in [5.41, 5.74) is 0. The van der Waals surface area contributed by atoms with Gasteiger partial charge in [0, 0.05) is 22.9 Å². The van der Waals surface area contributed by atoms with E-state index in [2.05, 4.69) is 37.6 Å². The van der Waals surface area contributed by atoms with E-state index in [4.69, 9.17) is 0 Å². The third-order valence-electron chi connectivity index (χ3n) is 3.20. The molecule has 17 heavy (non-hydrogen) atoms. The van der Waals surface area contributed by atoms with E-state index < -0.39 is 0 Å². The quantitative estimate of drug-likeness (QED) is 0.929. The standard InChI is InChI=1S/C12H17BrN2OS/c1-14-12(16)10-4-2-3-6-15(10)8-11-9(13)5-7-17-11/h5,7,10H,2-4,6,8H2,1H3,(H,14,16). The van der Waals surface area contributed by atoms with E-state index in [1.165, 1.54) is 11.3 Å². The Labute approximate surface area is 114 Å². The van der Waals surface area contributed by atoms with Crippen molar-refractivity contribution >= 4 is 33.2 Å². The first kappa shape index (κ1) is 13.1. The van der Waals surface area contributed by atoms with Crippen molar-refractivity contribution in [1.82, 2.24) is 10.2 Å². The molecule has 2 rings (SSSR count). The largest absolute Gasteiger partial charge is 0.358 e. The molecule has 1 saturated heterocycles. The Balaban J connectivity index is 2.06. The minimum atomic E-state index is 0.0442. The van der Waals surface area contributed by atoms with Crippen molar-refractivity contribution in [1.29, 1.82) is 0 Å². The van der Waals surface area contributed by atoms with Crippen LogP contribution in [0, 0.1) is 0 Å². The van der Waals surface area contributed by atoms with Crippen LogP contribution in [0.1, 0.15) is 24.1 Å². The van der Waals surface area contributed by atoms with Crippen LogP contribution in [0.5, 0.6) is 0 Å². The first-order chi connectivity index (χ1) is 8.22. The van der Waals surface area contributed by atoms with Crippen LogP contribution < -0.4 is 5.32 Å². The fraction of sp³-hybridized carbons (Fsp3) is 0.583. The number of thiophene rings is 1. The van der Waals surface area contributed by atoms with Crippen molar-refractivity contribution in [2.75, 3.05) is 13.6 Å². The molecule has 1 aromatic rings. The van der Waals surface area contributed by atoms with Crippen molar-refractivity contribution in [3.63, 3.8) is 0 Å². The molecule has 0 aliphatic carbocycles. The maximum atomic E-state index is 11.8. The Morgan fingerprint density at radius 2 is 2.47 bits per heavy atom. The first-order valence-electron chi connectivity index (χ1n) is 5.90. The summed E-state index contributed by atoms with van der Waals surface area (Å²) in [5.74, 6) is 0.150. The highest BCUT2D eigenvalue weighted by atomic mass is 79.9. The number of hydrogen-bond acceptors (Lipinski definition) is 3. The second kappa shape index (κ2) is 5.98. The SMILES string of the molecule is CNC(=O)C1CCCCN1Cc1sccc1Br. The summed E-state index contributed by atoms with van der Waals surface area (Å²) in [5, 5.41) is 4.85. The molecule has 0 saturated carbocycles. The lowest BCUT2D eigenvalue weighted by molar-refractivity contribution is -0.127. The topological polar surface area (TPSA) is 32.3 Å². The van der Waals surface area contributed by atoms with Crippen LogP contribution in [-0.2, 0) is 11.3 Å². The second-order valence-corrected chi connectivity index (χ2v) is 6.14. The lowest BCUT2D eigenvalue weighted by Gasteiger charge is -2.34. The van der Waals surface area contributed by atoms with E-state index >= 15 is 0 Å². The number of hydrogen-bond donors (Lipinski definition) is 1. The van der Waals surface area contributed by atoms with Crippen molar-refractivity contribution < 1.29 is 4.79 Å². The van der Waals surface area contributed by atoms with Crippen LogP contribution in [0.2, 0.25) is 0 Å². The van der Waals surface area contributed by atoms with Gasteiger partial charge in [-0.1, -0.05) is 6.42 Å². The Morgan fingerprint density at radius 1 is 1.65 bits per heavy atom. The zero-order valence-corrected chi connectivity index (χ0v) is 12.3. The van der Waals surface area contributed by atoms with E-state index in [1.807, 2.05) is 0 Å². The zero-order chi connectivity index (χ0) is 12.3. The average Bonchev–Trinajstić information content (AvgIpc) is 2.75. The Kier molecular flexibility index (Phi) is 4.59. The molecule has 1 fully saturated rings. The number of rotatable bonds is 3. The van der Waals surface area contributed by atoms with Gasteiger partial charge in [-0.2, -0.15) is 0 Å². The maximum absolute atomic E-state index is 11.8. The monoisotopic (exact) mass is 316 g/mol. The molecule has 1 aliphatic heterocycles. The number of amides is 1. The summed E-state index contributed by atoms with van der Waals surface area (Å²) in [6, 6.07) is 2.11. The second-order valence-electron chi connectivity index (χ2n) is 4.29. The summed E-state index contributed by atoms with van der Waals surface area (Å²) in [6.45, 7) is 1.89. The first-order valence-corrected chi connectivity index (χ1v) is 7.57. The van der Waals surface area contributed by atoms with Crippen molar-refractivity contribution in [3.05, 3.63) is 20.8 Å². The number of halogens is 1. The van der Waals surface area contributed by atoms with Gasteiger partial charge in [0.25, 0.3) is 0 Å². The smallest absolute Gasteiger partial charge is 0.237 e. The van der Waals surface area contributed by atoms with Gasteiger partial charge in [-0.15, -0.1) is 11.3 Å². The molecular weight excluding hydrogens is 300 g/mol. The van der Waals surface area contributed by atoms with Crippen molar-refractivity contribution in [2.24, 2.45) is 0 Å². The molecule has 1 amide bonds. The molecule has 1 atom stereocenters. The fourth-order valence-corrected chi connectivity index (χ4v) is 3.77. The van der Waals surface area contributed by atoms with Gasteiger partial charge < -0.3 is 5.32 Å². The number of piperidine rings is 1. The molecule has 0 spiro atoms. The minimum Gasteiger partial charge on any atom is -0.358 e. The molecule has 1 aromatic heterocycles. The van der Waals surface area contributed by atoms with Crippen LogP contribution in [0.4, 0.5) is 0 Å². The van der Waals surface area contributed by atoms with Crippen LogP contribution in [0.3, 0.4) is 0 Å². The third-order valence-corrected chi connectivity index (χ3v) is 5.11. The summed E-state index contributed by atoms with van der Waals surface area (Å²) < 4.78 is 1.16. The number of nitrogens with one attached hydrogen (secondary N) is 1. The van der Waals surface area contributed by atoms with Gasteiger partial charge in [0.05, 0.1) is 6.04 Å². The van der Waals surface area contributed by atoms with Crippen LogP contribution in [0.15, 0.2) is 15.9 Å². The molecule has 0 bridgehead atoms. The molecule has 1 aliphatic rings. The number of likely N-dealkylation sites (tertiary alicyclic amines) is 1. The van der Waals surface area contributed by atoms with Crippen LogP contribution in [0.25, 0.3) is 0 Å². The minimum absolute atomic E-state index is 0.0442. The molecule has 3 nitrogen and oxygen atoms in total. The summed E-state index contributed by atoms with van der Waals surface area (Å²) >= 11 is 5.29. The zero-order valence-electron chi connectivity index (χ0n) is 9.91. The highest BCUT2D eigenvalue weighted by molar-refractivity contribution is 9.10. The summed E-state index contributed by atoms with van der Waals surface area (Å²) in [7, 11) is 1.72. The van der Waals surface area contributed by atoms with Crippen molar-refractivity contribution in [2.45, 2.75) is 31.8 Å². The molecule has 1 N–H and O–H groups in total. The van der Waals surface area contributed by atoms with Gasteiger partial charge in [-0.05, 0) is 46.8 Å². The average molecular weight is 317 g/mol. The third kappa shape index (κ3) is 3.09. The Bertz CT molecular complexity index is 394. The molecule has 0 aromatic carbocycles. The molecule has 1 unspecified atom stereocenters. The van der Waals surface area contributed by atoms with E-state index in [1.54, 1.807) is 18.4 Å². The summed E-state index contributed by atoms with van der Waals surface area (Å²) in [4.78, 5) is 15.4. The Morgan fingerprint density at radius 3 is 3.12 bits per heavy atom. The predicted octanol–water partition coefficient (Wildman–Crippen LogP) is 2.61. The van der Waals surface area contributed by atoms with Crippen molar-refractivity contribution in [3.8, 4) is 0 Å². The summed E-state index contributed by atoms with van der Waals surface area (Å²) in [6.07, 6.45) is 3.32. The van der Waals surface area contributed by atoms with Crippen LogP contribution >= 0.6 is 27.3 Å². The lowest BCUT2D eigenvalue weighted by atomic mass is 10.0. The molecule has 5 heteroatoms. The molecule has 94 valence electrons. The van der Waals surface area contributed by atoms with Gasteiger partial charge in [-0.3, -0.25) is 9.69 Å². The molecular formula is C12H17BrN2OS. The number of carbonyl (C=O) groups excluding carboxylic acids is 1. The van der Waals surface area contributed by atoms with E-state index in [-0.39, 0.29) is 11.9 Å². The van der Waals surface area contributed by atoms with Gasteiger partial charge in [0.15, 0.2) is 0 Å². The number of likely N-dealkylation sites (N-methyl/N-ethyl adjacent to an activating group) is 1. The fourth-order valence-electron chi connectivity index (χ4n) is 2.27.